The molecule has 0 aromatic heterocycles. The maximum Gasteiger partial charge on any atom is 0.132 e. The molecule has 1 fully saturated rings. The molecule has 1 atom stereocenters. The van der Waals surface area contributed by atoms with E-state index in [1.165, 1.54) is 12.8 Å². The SMILES string of the molecule is COc1cc(OC)c2c(c1)OC1(CCCC1)CC2(C)N. The predicted octanol–water partition coefficient (Wildman–Crippen LogP) is 2.97. The van der Waals surface area contributed by atoms with E-state index in [1.807, 2.05) is 12.1 Å². The smallest absolute Gasteiger partial charge is 0.132 e. The zero-order chi connectivity index (χ0) is 14.4. The Morgan fingerprint density at radius 1 is 1.15 bits per heavy atom. The summed E-state index contributed by atoms with van der Waals surface area (Å²) in [5, 5.41) is 0. The van der Waals surface area contributed by atoms with E-state index >= 15 is 0 Å². The lowest BCUT2D eigenvalue weighted by atomic mass is 9.77. The standard InChI is InChI=1S/C16H23NO3/c1-15(17)10-16(6-4-5-7-16)20-13-9-11(18-2)8-12(19-3)14(13)15/h8-9H,4-7,10,17H2,1-3H3. The average Bonchev–Trinajstić information content (AvgIpc) is 2.83. The van der Waals surface area contributed by atoms with Gasteiger partial charge in [-0.25, -0.2) is 0 Å². The molecule has 1 aromatic rings. The van der Waals surface area contributed by atoms with Gasteiger partial charge in [0.2, 0.25) is 0 Å². The van der Waals surface area contributed by atoms with Gasteiger partial charge in [-0.2, -0.15) is 0 Å². The Bertz CT molecular complexity index is 519. The van der Waals surface area contributed by atoms with Crippen LogP contribution in [-0.2, 0) is 5.54 Å². The molecular formula is C16H23NO3. The van der Waals surface area contributed by atoms with Crippen LogP contribution in [0.15, 0.2) is 12.1 Å². The molecule has 4 nitrogen and oxygen atoms in total. The minimum Gasteiger partial charge on any atom is -0.496 e. The quantitative estimate of drug-likeness (QED) is 0.903. The minimum absolute atomic E-state index is 0.103. The molecule has 4 heteroatoms. The molecule has 0 radical (unpaired) electrons. The third kappa shape index (κ3) is 2.03. The lowest BCUT2D eigenvalue weighted by Crippen LogP contribution is -2.49. The number of ether oxygens (including phenoxy) is 3. The lowest BCUT2D eigenvalue weighted by Gasteiger charge is -2.44. The van der Waals surface area contributed by atoms with Gasteiger partial charge in [0.05, 0.1) is 19.8 Å². The topological polar surface area (TPSA) is 53.7 Å². The summed E-state index contributed by atoms with van der Waals surface area (Å²) >= 11 is 0. The highest BCUT2D eigenvalue weighted by Gasteiger charge is 2.48. The maximum atomic E-state index is 6.61. The van der Waals surface area contributed by atoms with E-state index in [-0.39, 0.29) is 5.60 Å². The van der Waals surface area contributed by atoms with Gasteiger partial charge in [-0.05, 0) is 32.6 Å². The fourth-order valence-electron chi connectivity index (χ4n) is 3.81. The number of hydrogen-bond acceptors (Lipinski definition) is 4. The summed E-state index contributed by atoms with van der Waals surface area (Å²) in [6, 6.07) is 3.81. The molecule has 1 aliphatic carbocycles. The summed E-state index contributed by atoms with van der Waals surface area (Å²) in [5.41, 5.74) is 7.03. The van der Waals surface area contributed by atoms with Crippen LogP contribution in [-0.4, -0.2) is 19.8 Å². The van der Waals surface area contributed by atoms with Crippen LogP contribution in [0.1, 0.15) is 44.6 Å². The Labute approximate surface area is 120 Å². The first-order valence-corrected chi connectivity index (χ1v) is 7.24. The van der Waals surface area contributed by atoms with Gasteiger partial charge in [-0.15, -0.1) is 0 Å². The van der Waals surface area contributed by atoms with E-state index in [0.29, 0.717) is 0 Å². The molecule has 2 N–H and O–H groups in total. The number of fused-ring (bicyclic) bond motifs is 1. The first-order chi connectivity index (χ1) is 9.50. The van der Waals surface area contributed by atoms with Crippen molar-refractivity contribution in [2.24, 2.45) is 5.73 Å². The van der Waals surface area contributed by atoms with Crippen molar-refractivity contribution in [1.82, 2.24) is 0 Å². The Kier molecular flexibility index (Phi) is 3.09. The van der Waals surface area contributed by atoms with Crippen molar-refractivity contribution in [3.05, 3.63) is 17.7 Å². The molecule has 1 spiro atoms. The largest absolute Gasteiger partial charge is 0.496 e. The normalized spacial score (nSPS) is 27.0. The molecule has 2 aliphatic rings. The number of rotatable bonds is 2. The van der Waals surface area contributed by atoms with Crippen molar-refractivity contribution in [2.75, 3.05) is 14.2 Å². The van der Waals surface area contributed by atoms with Crippen molar-refractivity contribution in [1.29, 1.82) is 0 Å². The third-order valence-corrected chi connectivity index (χ3v) is 4.60. The van der Waals surface area contributed by atoms with Crippen LogP contribution >= 0.6 is 0 Å². The fourth-order valence-corrected chi connectivity index (χ4v) is 3.81. The van der Waals surface area contributed by atoms with Crippen LogP contribution in [0, 0.1) is 0 Å². The van der Waals surface area contributed by atoms with Crippen LogP contribution in [0.3, 0.4) is 0 Å². The number of hydrogen-bond donors (Lipinski definition) is 1. The monoisotopic (exact) mass is 277 g/mol. The molecule has 110 valence electrons. The molecule has 20 heavy (non-hydrogen) atoms. The lowest BCUT2D eigenvalue weighted by molar-refractivity contribution is 0.0210. The highest BCUT2D eigenvalue weighted by atomic mass is 16.5. The first kappa shape index (κ1) is 13.6. The van der Waals surface area contributed by atoms with Crippen LogP contribution in [0.2, 0.25) is 0 Å². The van der Waals surface area contributed by atoms with E-state index < -0.39 is 5.54 Å². The molecule has 1 saturated carbocycles. The molecule has 1 aliphatic heterocycles. The van der Waals surface area contributed by atoms with Crippen molar-refractivity contribution in [3.8, 4) is 17.2 Å². The van der Waals surface area contributed by atoms with Gasteiger partial charge in [-0.1, -0.05) is 0 Å². The molecule has 1 unspecified atom stereocenters. The second kappa shape index (κ2) is 4.55. The minimum atomic E-state index is -0.435. The van der Waals surface area contributed by atoms with E-state index in [0.717, 1.165) is 42.1 Å². The number of benzene rings is 1. The molecule has 0 saturated heterocycles. The summed E-state index contributed by atoms with van der Waals surface area (Å²) in [6.45, 7) is 2.07. The van der Waals surface area contributed by atoms with Gasteiger partial charge in [0.25, 0.3) is 0 Å². The third-order valence-electron chi connectivity index (χ3n) is 4.60. The van der Waals surface area contributed by atoms with Crippen molar-refractivity contribution >= 4 is 0 Å². The predicted molar refractivity (Wildman–Crippen MR) is 77.5 cm³/mol. The zero-order valence-corrected chi connectivity index (χ0v) is 12.5. The van der Waals surface area contributed by atoms with Gasteiger partial charge >= 0.3 is 0 Å². The van der Waals surface area contributed by atoms with Gasteiger partial charge < -0.3 is 19.9 Å². The van der Waals surface area contributed by atoms with Crippen LogP contribution in [0.5, 0.6) is 17.2 Å². The van der Waals surface area contributed by atoms with Gasteiger partial charge in [-0.3, -0.25) is 0 Å². The Morgan fingerprint density at radius 3 is 2.45 bits per heavy atom. The summed E-state index contributed by atoms with van der Waals surface area (Å²) in [4.78, 5) is 0. The summed E-state index contributed by atoms with van der Waals surface area (Å²) in [7, 11) is 3.31. The van der Waals surface area contributed by atoms with E-state index in [9.17, 15) is 0 Å². The van der Waals surface area contributed by atoms with Crippen molar-refractivity contribution in [2.45, 2.75) is 50.2 Å². The first-order valence-electron chi connectivity index (χ1n) is 7.24. The van der Waals surface area contributed by atoms with Crippen LogP contribution in [0.4, 0.5) is 0 Å². The summed E-state index contributed by atoms with van der Waals surface area (Å²) in [6.07, 6.45) is 5.44. The maximum absolute atomic E-state index is 6.61. The Hall–Kier alpha value is -1.42. The number of nitrogens with two attached hydrogens (primary N) is 1. The van der Waals surface area contributed by atoms with Crippen molar-refractivity contribution < 1.29 is 14.2 Å². The molecule has 1 aromatic carbocycles. The van der Waals surface area contributed by atoms with E-state index in [2.05, 4.69) is 6.92 Å². The molecule has 0 amide bonds. The highest BCUT2D eigenvalue weighted by Crippen LogP contribution is 2.52. The molecule has 0 bridgehead atoms. The average molecular weight is 277 g/mol. The zero-order valence-electron chi connectivity index (χ0n) is 12.5. The van der Waals surface area contributed by atoms with Gasteiger partial charge in [0.15, 0.2) is 0 Å². The second-order valence-electron chi connectivity index (χ2n) is 6.29. The number of methoxy groups -OCH3 is 2. The van der Waals surface area contributed by atoms with Crippen LogP contribution in [0.25, 0.3) is 0 Å². The summed E-state index contributed by atoms with van der Waals surface area (Å²) in [5.74, 6) is 2.31. The molecular weight excluding hydrogens is 254 g/mol. The molecule has 3 rings (SSSR count). The molecule has 1 heterocycles. The van der Waals surface area contributed by atoms with Crippen LogP contribution < -0.4 is 19.9 Å². The van der Waals surface area contributed by atoms with Gasteiger partial charge in [0, 0.05) is 24.1 Å². The Morgan fingerprint density at radius 2 is 1.85 bits per heavy atom. The second-order valence-corrected chi connectivity index (χ2v) is 6.29. The van der Waals surface area contributed by atoms with Gasteiger partial charge in [0.1, 0.15) is 22.8 Å². The van der Waals surface area contributed by atoms with E-state index in [4.69, 9.17) is 19.9 Å². The summed E-state index contributed by atoms with van der Waals surface area (Å²) < 4.78 is 17.2. The van der Waals surface area contributed by atoms with E-state index in [1.54, 1.807) is 14.2 Å². The van der Waals surface area contributed by atoms with Crippen molar-refractivity contribution in [3.63, 3.8) is 0 Å². The highest BCUT2D eigenvalue weighted by molar-refractivity contribution is 5.55. The fraction of sp³-hybridized carbons (Fsp3) is 0.625. The Balaban J connectivity index is 2.13.